The van der Waals surface area contributed by atoms with Gasteiger partial charge in [-0.25, -0.2) is 0 Å². The third-order valence-electron chi connectivity index (χ3n) is 5.67. The van der Waals surface area contributed by atoms with Crippen LogP contribution in [0.4, 0.5) is 5.69 Å². The van der Waals surface area contributed by atoms with E-state index < -0.39 is 12.0 Å². The van der Waals surface area contributed by atoms with Crippen molar-refractivity contribution in [3.8, 4) is 11.5 Å². The summed E-state index contributed by atoms with van der Waals surface area (Å²) in [5.41, 5.74) is 7.33. The summed E-state index contributed by atoms with van der Waals surface area (Å²) < 4.78 is 10.6. The lowest BCUT2D eigenvalue weighted by molar-refractivity contribution is -0.137. The first-order valence-electron chi connectivity index (χ1n) is 10.7. The molecule has 5 N–H and O–H groups in total. The second-order valence-electron chi connectivity index (χ2n) is 8.05. The van der Waals surface area contributed by atoms with Crippen molar-refractivity contribution in [2.75, 3.05) is 37.9 Å². The second kappa shape index (κ2) is 9.79. The smallest absolute Gasteiger partial charge is 0.305 e. The largest absolute Gasteiger partial charge is 0.481 e. The highest BCUT2D eigenvalue weighted by molar-refractivity contribution is 5.98. The van der Waals surface area contributed by atoms with Crippen LogP contribution in [0.2, 0.25) is 0 Å². The summed E-state index contributed by atoms with van der Waals surface area (Å²) in [6, 6.07) is 11.1. The number of carbonyl (C=O) groups is 3. The number of amides is 2. The van der Waals surface area contributed by atoms with Gasteiger partial charge in [0.2, 0.25) is 18.6 Å². The summed E-state index contributed by atoms with van der Waals surface area (Å²) in [6.07, 6.45) is -0.297. The summed E-state index contributed by atoms with van der Waals surface area (Å²) in [6.45, 7) is 0.974. The van der Waals surface area contributed by atoms with Crippen LogP contribution in [-0.2, 0) is 14.4 Å². The number of benzene rings is 2. The van der Waals surface area contributed by atoms with Crippen LogP contribution in [0.5, 0.6) is 11.5 Å². The van der Waals surface area contributed by atoms with Gasteiger partial charge in [-0.05, 0) is 42.0 Å². The van der Waals surface area contributed by atoms with E-state index in [4.69, 9.17) is 20.6 Å². The number of rotatable bonds is 8. The number of piperazine rings is 1. The van der Waals surface area contributed by atoms with Gasteiger partial charge < -0.3 is 30.5 Å². The highest BCUT2D eigenvalue weighted by Crippen LogP contribution is 2.34. The Balaban J connectivity index is 1.36. The van der Waals surface area contributed by atoms with E-state index >= 15 is 0 Å². The van der Waals surface area contributed by atoms with Crippen molar-refractivity contribution < 1.29 is 29.0 Å². The lowest BCUT2D eigenvalue weighted by Gasteiger charge is -2.34. The van der Waals surface area contributed by atoms with E-state index in [1.807, 2.05) is 0 Å². The Morgan fingerprint density at radius 2 is 1.85 bits per heavy atom. The molecule has 1 saturated heterocycles. The van der Waals surface area contributed by atoms with Crippen molar-refractivity contribution in [1.29, 1.82) is 5.41 Å². The van der Waals surface area contributed by atoms with Crippen LogP contribution in [0, 0.1) is 5.41 Å². The van der Waals surface area contributed by atoms with Crippen molar-refractivity contribution in [2.45, 2.75) is 12.5 Å². The standard InChI is InChI=1S/C23H25N5O6/c24-23(25)14-1-4-16(5-2-14)28-8-7-27(12-21(28)30)11-20(29)26-17(10-22(31)32)15-3-6-18-19(9-15)34-13-33-18/h1-6,9,17H,7-8,10-13H2,(H3,24,25)(H,26,29)(H,31,32). The first-order valence-corrected chi connectivity index (χ1v) is 10.7. The average molecular weight is 467 g/mol. The number of amidine groups is 1. The molecule has 0 radical (unpaired) electrons. The third kappa shape index (κ3) is 5.26. The van der Waals surface area contributed by atoms with Gasteiger partial charge in [-0.1, -0.05) is 6.07 Å². The van der Waals surface area contributed by atoms with Gasteiger partial charge in [0.05, 0.1) is 25.6 Å². The number of carboxylic acids is 1. The summed E-state index contributed by atoms with van der Waals surface area (Å²) in [7, 11) is 0. The van der Waals surface area contributed by atoms with Gasteiger partial charge in [0.15, 0.2) is 11.5 Å². The fourth-order valence-electron chi connectivity index (χ4n) is 3.95. The number of ether oxygens (including phenoxy) is 2. The van der Waals surface area contributed by atoms with E-state index in [1.165, 1.54) is 0 Å². The Hall–Kier alpha value is -4.12. The Labute approximate surface area is 195 Å². The van der Waals surface area contributed by atoms with Gasteiger partial charge in [0, 0.05) is 24.3 Å². The van der Waals surface area contributed by atoms with Crippen LogP contribution in [-0.4, -0.2) is 66.6 Å². The molecule has 0 aromatic heterocycles. The zero-order valence-corrected chi connectivity index (χ0v) is 18.3. The molecule has 11 nitrogen and oxygen atoms in total. The first kappa shape index (κ1) is 23.1. The lowest BCUT2D eigenvalue weighted by atomic mass is 10.0. The number of nitrogens with zero attached hydrogens (tertiary/aromatic N) is 2. The zero-order chi connectivity index (χ0) is 24.2. The number of nitrogen functional groups attached to an aromatic ring is 1. The summed E-state index contributed by atoms with van der Waals surface area (Å²) in [5, 5.41) is 19.5. The number of fused-ring (bicyclic) bond motifs is 1. The minimum atomic E-state index is -1.05. The van der Waals surface area contributed by atoms with E-state index in [2.05, 4.69) is 5.32 Å². The van der Waals surface area contributed by atoms with E-state index in [-0.39, 0.29) is 44.0 Å². The van der Waals surface area contributed by atoms with E-state index in [1.54, 1.807) is 52.3 Å². The lowest BCUT2D eigenvalue weighted by Crippen LogP contribution is -2.53. The number of anilines is 1. The molecular weight excluding hydrogens is 442 g/mol. The van der Waals surface area contributed by atoms with Gasteiger partial charge in [0.1, 0.15) is 5.84 Å². The molecule has 0 bridgehead atoms. The predicted molar refractivity (Wildman–Crippen MR) is 122 cm³/mol. The number of carbonyl (C=O) groups excluding carboxylic acids is 2. The molecule has 178 valence electrons. The van der Waals surface area contributed by atoms with E-state index in [9.17, 15) is 19.5 Å². The van der Waals surface area contributed by atoms with Gasteiger partial charge in [-0.2, -0.15) is 0 Å². The summed E-state index contributed by atoms with van der Waals surface area (Å²) in [4.78, 5) is 40.1. The summed E-state index contributed by atoms with van der Waals surface area (Å²) in [5.74, 6) is -0.571. The number of hydrogen-bond acceptors (Lipinski definition) is 7. The molecule has 0 aliphatic carbocycles. The number of nitrogens with one attached hydrogen (secondary N) is 2. The highest BCUT2D eigenvalue weighted by Gasteiger charge is 2.28. The Morgan fingerprint density at radius 1 is 1.12 bits per heavy atom. The number of hydrogen-bond donors (Lipinski definition) is 4. The molecule has 2 amide bonds. The van der Waals surface area contributed by atoms with Gasteiger partial charge in [-0.15, -0.1) is 0 Å². The first-order chi connectivity index (χ1) is 16.3. The normalized spacial score (nSPS) is 16.2. The molecule has 2 aromatic carbocycles. The van der Waals surface area contributed by atoms with Crippen LogP contribution >= 0.6 is 0 Å². The zero-order valence-electron chi connectivity index (χ0n) is 18.3. The van der Waals surface area contributed by atoms with Crippen LogP contribution in [0.3, 0.4) is 0 Å². The number of aliphatic carboxylic acids is 1. The molecule has 1 unspecified atom stereocenters. The molecule has 0 spiro atoms. The van der Waals surface area contributed by atoms with E-state index in [0.717, 1.165) is 0 Å². The predicted octanol–water partition coefficient (Wildman–Crippen LogP) is 0.680. The van der Waals surface area contributed by atoms with Crippen molar-refractivity contribution in [2.24, 2.45) is 5.73 Å². The monoisotopic (exact) mass is 467 g/mol. The number of carboxylic acid groups (broad SMARTS) is 1. The third-order valence-corrected chi connectivity index (χ3v) is 5.67. The Morgan fingerprint density at radius 3 is 2.53 bits per heavy atom. The van der Waals surface area contributed by atoms with Crippen LogP contribution in [0.15, 0.2) is 42.5 Å². The minimum absolute atomic E-state index is 0.0382. The molecule has 0 saturated carbocycles. The van der Waals surface area contributed by atoms with Gasteiger partial charge >= 0.3 is 5.97 Å². The molecule has 2 aliphatic heterocycles. The Bertz CT molecular complexity index is 1120. The van der Waals surface area contributed by atoms with Crippen LogP contribution in [0.1, 0.15) is 23.6 Å². The fraction of sp³-hybridized carbons (Fsp3) is 0.304. The minimum Gasteiger partial charge on any atom is -0.481 e. The quantitative estimate of drug-likeness (QED) is 0.326. The highest BCUT2D eigenvalue weighted by atomic mass is 16.7. The van der Waals surface area contributed by atoms with Crippen molar-refractivity contribution >= 4 is 29.3 Å². The van der Waals surface area contributed by atoms with Crippen LogP contribution in [0.25, 0.3) is 0 Å². The number of nitrogens with two attached hydrogens (primary N) is 1. The van der Waals surface area contributed by atoms with Crippen LogP contribution < -0.4 is 25.4 Å². The Kier molecular flexibility index (Phi) is 6.64. The molecule has 2 heterocycles. The summed E-state index contributed by atoms with van der Waals surface area (Å²) >= 11 is 0. The SMILES string of the molecule is N=C(N)c1ccc(N2CCN(CC(=O)NC(CC(=O)O)c3ccc4c(c3)OCO4)CC2=O)cc1. The fourth-order valence-corrected chi connectivity index (χ4v) is 3.95. The molecule has 2 aromatic rings. The maximum Gasteiger partial charge on any atom is 0.305 e. The van der Waals surface area contributed by atoms with Crippen molar-refractivity contribution in [1.82, 2.24) is 10.2 Å². The molecule has 11 heteroatoms. The van der Waals surface area contributed by atoms with Crippen molar-refractivity contribution in [3.63, 3.8) is 0 Å². The van der Waals surface area contributed by atoms with Crippen molar-refractivity contribution in [3.05, 3.63) is 53.6 Å². The van der Waals surface area contributed by atoms with Gasteiger partial charge in [0.25, 0.3) is 0 Å². The molecule has 4 rings (SSSR count). The molecule has 1 fully saturated rings. The molecular formula is C23H25N5O6. The topological polar surface area (TPSA) is 158 Å². The maximum atomic E-state index is 12.7. The second-order valence-corrected chi connectivity index (χ2v) is 8.05. The molecule has 2 aliphatic rings. The average Bonchev–Trinajstić information content (AvgIpc) is 3.26. The van der Waals surface area contributed by atoms with Gasteiger partial charge in [-0.3, -0.25) is 24.7 Å². The maximum absolute atomic E-state index is 12.7. The van der Waals surface area contributed by atoms with E-state index in [0.29, 0.717) is 41.4 Å². The molecule has 1 atom stereocenters. The molecule has 34 heavy (non-hydrogen) atoms.